The van der Waals surface area contributed by atoms with Crippen LogP contribution < -0.4 is 0 Å². The summed E-state index contributed by atoms with van der Waals surface area (Å²) < 4.78 is 18.1. The molecule has 0 N–H and O–H groups in total. The van der Waals surface area contributed by atoms with Crippen LogP contribution in [0.4, 0.5) is 0 Å². The summed E-state index contributed by atoms with van der Waals surface area (Å²) in [4.78, 5) is 0.883. The molecule has 1 aromatic rings. The van der Waals surface area contributed by atoms with Crippen LogP contribution in [0.1, 0.15) is 61.6 Å². The van der Waals surface area contributed by atoms with E-state index in [2.05, 4.69) is 46.0 Å². The van der Waals surface area contributed by atoms with Gasteiger partial charge in [-0.2, -0.15) is 4.40 Å². The zero-order valence-corrected chi connectivity index (χ0v) is 17.5. The van der Waals surface area contributed by atoms with Gasteiger partial charge < -0.3 is 0 Å². The molecule has 128 valence electrons. The van der Waals surface area contributed by atoms with Crippen LogP contribution in [0.5, 0.6) is 0 Å². The smallest absolute Gasteiger partial charge is 0.172 e. The monoisotopic (exact) mass is 445 g/mol. The molecule has 1 aliphatic carbocycles. The highest BCUT2D eigenvalue weighted by atomic mass is 127. The lowest BCUT2D eigenvalue weighted by Gasteiger charge is -2.35. The van der Waals surface area contributed by atoms with Crippen molar-refractivity contribution in [3.8, 4) is 0 Å². The summed E-state index contributed by atoms with van der Waals surface area (Å²) in [6.45, 7) is 6.12. The maximum atomic E-state index is 12.5. The van der Waals surface area contributed by atoms with Crippen LogP contribution in [0.25, 0.3) is 0 Å². The van der Waals surface area contributed by atoms with Gasteiger partial charge in [-0.3, -0.25) is 0 Å². The Labute approximate surface area is 157 Å². The van der Waals surface area contributed by atoms with Gasteiger partial charge in [0.2, 0.25) is 0 Å². The standard InChI is InChI=1S/C19H28INOS/c1-15-12-16(2)18(17(3)13-15)23(22)21-11-7-10-19(14-20)8-5-4-6-9-19/h11-13H,4-10,14H2,1-3H3/b21-11+. The van der Waals surface area contributed by atoms with E-state index >= 15 is 0 Å². The van der Waals surface area contributed by atoms with Crippen molar-refractivity contribution in [1.82, 2.24) is 0 Å². The predicted molar refractivity (Wildman–Crippen MR) is 109 cm³/mol. The van der Waals surface area contributed by atoms with Crippen molar-refractivity contribution < 1.29 is 4.21 Å². The van der Waals surface area contributed by atoms with Crippen molar-refractivity contribution in [2.75, 3.05) is 4.43 Å². The largest absolute Gasteiger partial charge is 0.229 e. The fraction of sp³-hybridized carbons (Fsp3) is 0.632. The third kappa shape index (κ3) is 5.12. The minimum Gasteiger partial charge on any atom is -0.229 e. The van der Waals surface area contributed by atoms with Crippen LogP contribution in [0.2, 0.25) is 0 Å². The lowest BCUT2D eigenvalue weighted by atomic mass is 9.73. The molecule has 0 aliphatic heterocycles. The molecule has 1 saturated carbocycles. The lowest BCUT2D eigenvalue weighted by molar-refractivity contribution is 0.214. The van der Waals surface area contributed by atoms with E-state index in [-0.39, 0.29) is 0 Å². The van der Waals surface area contributed by atoms with E-state index in [0.717, 1.165) is 22.4 Å². The molecule has 23 heavy (non-hydrogen) atoms. The Morgan fingerprint density at radius 2 is 1.78 bits per heavy atom. The molecular formula is C19H28INOS. The minimum absolute atomic E-state index is 0.502. The first kappa shape index (κ1) is 19.1. The molecule has 2 nitrogen and oxygen atoms in total. The average Bonchev–Trinajstić information content (AvgIpc) is 2.51. The van der Waals surface area contributed by atoms with Crippen molar-refractivity contribution in [2.45, 2.75) is 70.6 Å². The molecule has 0 heterocycles. The van der Waals surface area contributed by atoms with Gasteiger partial charge in [0.15, 0.2) is 11.0 Å². The number of rotatable bonds is 6. The highest BCUT2D eigenvalue weighted by Crippen LogP contribution is 2.41. The highest BCUT2D eigenvalue weighted by Gasteiger charge is 2.29. The van der Waals surface area contributed by atoms with Crippen LogP contribution in [0, 0.1) is 26.2 Å². The molecule has 0 bridgehead atoms. The van der Waals surface area contributed by atoms with Crippen molar-refractivity contribution in [1.29, 1.82) is 0 Å². The summed E-state index contributed by atoms with van der Waals surface area (Å²) in [7, 11) is -1.27. The van der Waals surface area contributed by atoms with E-state index in [1.807, 2.05) is 20.1 Å². The molecule has 2 rings (SSSR count). The predicted octanol–water partition coefficient (Wildman–Crippen LogP) is 5.87. The van der Waals surface area contributed by atoms with Crippen molar-refractivity contribution in [3.05, 3.63) is 28.8 Å². The Bertz CT molecular complexity index is 568. The molecule has 0 aromatic heterocycles. The molecule has 1 aliphatic rings. The van der Waals surface area contributed by atoms with Gasteiger partial charge in [-0.1, -0.05) is 59.5 Å². The van der Waals surface area contributed by atoms with Gasteiger partial charge >= 0.3 is 0 Å². The maximum Gasteiger partial charge on any atom is 0.172 e. The summed E-state index contributed by atoms with van der Waals surface area (Å²) >= 11 is 2.54. The number of nitrogens with zero attached hydrogens (tertiary/aromatic N) is 1. The van der Waals surface area contributed by atoms with Crippen LogP contribution in [-0.2, 0) is 11.0 Å². The summed E-state index contributed by atoms with van der Waals surface area (Å²) in [5.74, 6) is 0. The Kier molecular flexibility index (Phi) is 7.26. The zero-order valence-electron chi connectivity index (χ0n) is 14.5. The summed E-state index contributed by atoms with van der Waals surface area (Å²) in [6, 6.07) is 4.17. The molecule has 0 saturated heterocycles. The number of alkyl halides is 1. The van der Waals surface area contributed by atoms with E-state index in [4.69, 9.17) is 0 Å². The fourth-order valence-corrected chi connectivity index (χ4v) is 5.90. The Balaban J connectivity index is 1.97. The van der Waals surface area contributed by atoms with Crippen molar-refractivity contribution in [3.63, 3.8) is 0 Å². The van der Waals surface area contributed by atoms with Gasteiger partial charge in [0.05, 0.1) is 4.90 Å². The highest BCUT2D eigenvalue weighted by molar-refractivity contribution is 14.1. The van der Waals surface area contributed by atoms with E-state index < -0.39 is 11.0 Å². The van der Waals surface area contributed by atoms with E-state index in [9.17, 15) is 4.21 Å². The van der Waals surface area contributed by atoms with Gasteiger partial charge in [-0.05, 0) is 63.0 Å². The second-order valence-electron chi connectivity index (χ2n) is 7.00. The van der Waals surface area contributed by atoms with Crippen LogP contribution >= 0.6 is 22.6 Å². The molecule has 1 fully saturated rings. The zero-order chi connectivity index (χ0) is 16.9. The average molecular weight is 445 g/mol. The molecular weight excluding hydrogens is 417 g/mol. The molecule has 0 radical (unpaired) electrons. The molecule has 4 heteroatoms. The van der Waals surface area contributed by atoms with Gasteiger partial charge in [0.25, 0.3) is 0 Å². The first-order chi connectivity index (χ1) is 11.0. The third-order valence-electron chi connectivity index (χ3n) is 4.95. The van der Waals surface area contributed by atoms with Gasteiger partial charge in [0.1, 0.15) is 0 Å². The summed E-state index contributed by atoms with van der Waals surface area (Å²) in [6.07, 6.45) is 10.9. The van der Waals surface area contributed by atoms with E-state index in [0.29, 0.717) is 5.41 Å². The van der Waals surface area contributed by atoms with Gasteiger partial charge in [-0.25, -0.2) is 4.21 Å². The number of benzene rings is 1. The first-order valence-corrected chi connectivity index (χ1v) is 11.2. The molecule has 0 spiro atoms. The maximum absolute atomic E-state index is 12.5. The second-order valence-corrected chi connectivity index (χ2v) is 8.88. The SMILES string of the molecule is Cc1cc(C)c(S(=O)/N=C/CCC2(CI)CCCCC2)c(C)c1. The van der Waals surface area contributed by atoms with Crippen LogP contribution in [-0.4, -0.2) is 14.9 Å². The number of hydrogen-bond donors (Lipinski definition) is 0. The number of aryl methyl sites for hydroxylation is 3. The summed E-state index contributed by atoms with van der Waals surface area (Å²) in [5.41, 5.74) is 3.87. The number of halogens is 1. The normalized spacial score (nSPS) is 19.1. The third-order valence-corrected chi connectivity index (χ3v) is 7.90. The van der Waals surface area contributed by atoms with Crippen molar-refractivity contribution in [2.24, 2.45) is 9.81 Å². The second kappa shape index (κ2) is 8.75. The van der Waals surface area contributed by atoms with Gasteiger partial charge in [0, 0.05) is 10.6 Å². The molecule has 1 aromatic carbocycles. The van der Waals surface area contributed by atoms with Crippen LogP contribution in [0.3, 0.4) is 0 Å². The Hall–Kier alpha value is -0.230. The first-order valence-electron chi connectivity index (χ1n) is 8.56. The Morgan fingerprint density at radius 3 is 2.35 bits per heavy atom. The molecule has 0 amide bonds. The van der Waals surface area contributed by atoms with Crippen LogP contribution in [0.15, 0.2) is 21.4 Å². The quantitative estimate of drug-likeness (QED) is 0.306. The molecule has 1 unspecified atom stereocenters. The van der Waals surface area contributed by atoms with E-state index in [1.165, 1.54) is 48.5 Å². The van der Waals surface area contributed by atoms with Crippen molar-refractivity contribution >= 4 is 39.8 Å². The number of hydrogen-bond acceptors (Lipinski definition) is 1. The minimum atomic E-state index is -1.27. The molecule has 1 atom stereocenters. The lowest BCUT2D eigenvalue weighted by Crippen LogP contribution is -2.25. The fourth-order valence-electron chi connectivity index (χ4n) is 3.74. The van der Waals surface area contributed by atoms with E-state index in [1.54, 1.807) is 0 Å². The topological polar surface area (TPSA) is 29.4 Å². The van der Waals surface area contributed by atoms with Gasteiger partial charge in [-0.15, -0.1) is 0 Å². The Morgan fingerprint density at radius 1 is 1.17 bits per heavy atom. The summed E-state index contributed by atoms with van der Waals surface area (Å²) in [5, 5.41) is 0.